The van der Waals surface area contributed by atoms with Gasteiger partial charge in [0.15, 0.2) is 0 Å². The van der Waals surface area contributed by atoms with Crippen molar-refractivity contribution in [2.75, 3.05) is 5.32 Å². The second kappa shape index (κ2) is 7.19. The van der Waals surface area contributed by atoms with Crippen LogP contribution in [0.2, 0.25) is 0 Å². The summed E-state index contributed by atoms with van der Waals surface area (Å²) in [6.07, 6.45) is 3.94. The molecule has 2 atom stereocenters. The summed E-state index contributed by atoms with van der Waals surface area (Å²) in [5, 5.41) is 3.30. The zero-order valence-corrected chi connectivity index (χ0v) is 12.5. The van der Waals surface area contributed by atoms with E-state index < -0.39 is 11.7 Å². The molecule has 2 unspecified atom stereocenters. The van der Waals surface area contributed by atoms with Gasteiger partial charge in [-0.25, -0.2) is 0 Å². The molecule has 118 valence electrons. The number of benzene rings is 1. The highest BCUT2D eigenvalue weighted by molar-refractivity contribution is 5.47. The Labute approximate surface area is 124 Å². The average Bonchev–Trinajstić information content (AvgIpc) is 2.64. The Morgan fingerprint density at radius 2 is 1.95 bits per heavy atom. The Morgan fingerprint density at radius 3 is 2.67 bits per heavy atom. The van der Waals surface area contributed by atoms with Gasteiger partial charge in [-0.1, -0.05) is 38.7 Å². The minimum absolute atomic E-state index is 0.301. The predicted octanol–water partition coefficient (Wildman–Crippen LogP) is 5.87. The zero-order valence-electron chi connectivity index (χ0n) is 12.5. The van der Waals surface area contributed by atoms with Crippen molar-refractivity contribution in [2.24, 2.45) is 5.92 Å². The maximum absolute atomic E-state index is 12.7. The van der Waals surface area contributed by atoms with E-state index in [9.17, 15) is 13.2 Å². The van der Waals surface area contributed by atoms with Crippen molar-refractivity contribution in [2.45, 2.75) is 64.1 Å². The van der Waals surface area contributed by atoms with Gasteiger partial charge < -0.3 is 5.32 Å². The summed E-state index contributed by atoms with van der Waals surface area (Å²) in [4.78, 5) is 0. The molecule has 2 rings (SSSR count). The van der Waals surface area contributed by atoms with Crippen molar-refractivity contribution in [3.8, 4) is 0 Å². The van der Waals surface area contributed by atoms with E-state index in [0.717, 1.165) is 24.8 Å². The molecular formula is C17H24F3N. The van der Waals surface area contributed by atoms with Crippen LogP contribution in [0, 0.1) is 5.92 Å². The van der Waals surface area contributed by atoms with Crippen LogP contribution in [0.25, 0.3) is 0 Å². The van der Waals surface area contributed by atoms with E-state index in [2.05, 4.69) is 12.2 Å². The summed E-state index contributed by atoms with van der Waals surface area (Å²) in [7, 11) is 0. The summed E-state index contributed by atoms with van der Waals surface area (Å²) in [6, 6.07) is 5.84. The Morgan fingerprint density at radius 1 is 1.14 bits per heavy atom. The predicted molar refractivity (Wildman–Crippen MR) is 80.3 cm³/mol. The van der Waals surface area contributed by atoms with Crippen molar-refractivity contribution in [1.29, 1.82) is 0 Å². The van der Waals surface area contributed by atoms with Crippen LogP contribution in [0.15, 0.2) is 24.3 Å². The second-order valence-corrected chi connectivity index (χ2v) is 6.08. The fourth-order valence-electron chi connectivity index (χ4n) is 3.24. The molecule has 0 heterocycles. The van der Waals surface area contributed by atoms with Gasteiger partial charge in [-0.15, -0.1) is 0 Å². The number of nitrogens with one attached hydrogen (secondary N) is 1. The molecule has 1 saturated carbocycles. The maximum atomic E-state index is 12.7. The minimum atomic E-state index is -4.27. The van der Waals surface area contributed by atoms with E-state index >= 15 is 0 Å². The minimum Gasteiger partial charge on any atom is -0.382 e. The first kappa shape index (κ1) is 16.2. The molecule has 1 N–H and O–H groups in total. The normalized spacial score (nSPS) is 23.6. The Balaban J connectivity index is 1.95. The molecule has 1 fully saturated rings. The van der Waals surface area contributed by atoms with Crippen molar-refractivity contribution in [1.82, 2.24) is 0 Å². The quantitative estimate of drug-likeness (QED) is 0.686. The first-order valence-corrected chi connectivity index (χ1v) is 7.93. The fraction of sp³-hybridized carbons (Fsp3) is 0.647. The van der Waals surface area contributed by atoms with Gasteiger partial charge in [0.05, 0.1) is 5.56 Å². The van der Waals surface area contributed by atoms with E-state index in [1.54, 1.807) is 6.07 Å². The summed E-state index contributed by atoms with van der Waals surface area (Å²) in [5.74, 6) is 0.795. The lowest BCUT2D eigenvalue weighted by Gasteiger charge is -2.19. The highest BCUT2D eigenvalue weighted by Gasteiger charge is 2.30. The summed E-state index contributed by atoms with van der Waals surface area (Å²) in [6.45, 7) is 2.21. The summed E-state index contributed by atoms with van der Waals surface area (Å²) >= 11 is 0. The number of alkyl halides is 3. The molecule has 0 radical (unpaired) electrons. The number of halogens is 3. The van der Waals surface area contributed by atoms with Crippen molar-refractivity contribution in [3.63, 3.8) is 0 Å². The monoisotopic (exact) mass is 299 g/mol. The number of rotatable bonds is 4. The fourth-order valence-corrected chi connectivity index (χ4v) is 3.24. The van der Waals surface area contributed by atoms with E-state index in [1.807, 2.05) is 0 Å². The number of hydrogen-bond donors (Lipinski definition) is 1. The van der Waals surface area contributed by atoms with Gasteiger partial charge in [-0.3, -0.25) is 0 Å². The third-order valence-corrected chi connectivity index (χ3v) is 4.35. The smallest absolute Gasteiger partial charge is 0.382 e. The lowest BCUT2D eigenvalue weighted by atomic mass is 9.95. The third-order valence-electron chi connectivity index (χ3n) is 4.35. The van der Waals surface area contributed by atoms with Crippen LogP contribution in [-0.2, 0) is 6.18 Å². The van der Waals surface area contributed by atoms with Gasteiger partial charge in [-0.05, 0) is 43.4 Å². The van der Waals surface area contributed by atoms with E-state index in [1.165, 1.54) is 44.2 Å². The third kappa shape index (κ3) is 4.94. The van der Waals surface area contributed by atoms with E-state index in [0.29, 0.717) is 11.7 Å². The molecule has 1 aliphatic rings. The molecule has 0 aliphatic heterocycles. The lowest BCUT2D eigenvalue weighted by molar-refractivity contribution is -0.137. The van der Waals surface area contributed by atoms with Gasteiger partial charge in [0.1, 0.15) is 0 Å². The highest BCUT2D eigenvalue weighted by atomic mass is 19.4. The van der Waals surface area contributed by atoms with Crippen LogP contribution >= 0.6 is 0 Å². The van der Waals surface area contributed by atoms with Gasteiger partial charge in [0.2, 0.25) is 0 Å². The van der Waals surface area contributed by atoms with Crippen LogP contribution in [0.1, 0.15) is 57.4 Å². The first-order chi connectivity index (χ1) is 9.99. The van der Waals surface area contributed by atoms with Crippen LogP contribution in [0.5, 0.6) is 0 Å². The average molecular weight is 299 g/mol. The van der Waals surface area contributed by atoms with Crippen molar-refractivity contribution in [3.05, 3.63) is 29.8 Å². The van der Waals surface area contributed by atoms with Crippen molar-refractivity contribution >= 4 is 5.69 Å². The standard InChI is InChI=1S/C17H24F3N/c1-2-5-13-6-3-8-15(11-10-13)21-16-9-4-7-14(12-16)17(18,19)20/h4,7,9,12-13,15,21H,2-3,5-6,8,10-11H2,1H3. The van der Waals surface area contributed by atoms with Crippen LogP contribution < -0.4 is 5.32 Å². The van der Waals surface area contributed by atoms with Crippen LogP contribution in [0.4, 0.5) is 18.9 Å². The Hall–Kier alpha value is -1.19. The Kier molecular flexibility index (Phi) is 5.54. The molecule has 21 heavy (non-hydrogen) atoms. The number of hydrogen-bond acceptors (Lipinski definition) is 1. The van der Waals surface area contributed by atoms with Gasteiger partial charge >= 0.3 is 6.18 Å². The largest absolute Gasteiger partial charge is 0.416 e. The molecule has 1 aliphatic carbocycles. The molecule has 1 nitrogen and oxygen atoms in total. The van der Waals surface area contributed by atoms with Gasteiger partial charge in [0, 0.05) is 11.7 Å². The molecule has 0 amide bonds. The van der Waals surface area contributed by atoms with Crippen LogP contribution in [-0.4, -0.2) is 6.04 Å². The van der Waals surface area contributed by atoms with E-state index in [4.69, 9.17) is 0 Å². The second-order valence-electron chi connectivity index (χ2n) is 6.08. The zero-order chi connectivity index (χ0) is 15.3. The highest BCUT2D eigenvalue weighted by Crippen LogP contribution is 2.32. The molecular weight excluding hydrogens is 275 g/mol. The molecule has 0 aromatic heterocycles. The molecule has 1 aromatic carbocycles. The molecule has 0 spiro atoms. The van der Waals surface area contributed by atoms with Crippen LogP contribution in [0.3, 0.4) is 0 Å². The van der Waals surface area contributed by atoms with Crippen molar-refractivity contribution < 1.29 is 13.2 Å². The van der Waals surface area contributed by atoms with Gasteiger partial charge in [-0.2, -0.15) is 13.2 Å². The maximum Gasteiger partial charge on any atom is 0.416 e. The first-order valence-electron chi connectivity index (χ1n) is 7.93. The Bertz CT molecular complexity index is 442. The summed E-state index contributed by atoms with van der Waals surface area (Å²) < 4.78 is 38.2. The summed E-state index contributed by atoms with van der Waals surface area (Å²) in [5.41, 5.74) is 0.00810. The molecule has 0 bridgehead atoms. The topological polar surface area (TPSA) is 12.0 Å². The molecule has 4 heteroatoms. The van der Waals surface area contributed by atoms with E-state index in [-0.39, 0.29) is 0 Å². The molecule has 1 aromatic rings. The molecule has 0 saturated heterocycles. The SMILES string of the molecule is CCCC1CCCC(Nc2cccc(C(F)(F)F)c2)CC1. The number of anilines is 1. The lowest BCUT2D eigenvalue weighted by Crippen LogP contribution is -2.19. The van der Waals surface area contributed by atoms with Gasteiger partial charge in [0.25, 0.3) is 0 Å².